The molecule has 2 heterocycles. The Balaban J connectivity index is 1.36. The summed E-state index contributed by atoms with van der Waals surface area (Å²) in [6.07, 6.45) is 3.71. The van der Waals surface area contributed by atoms with E-state index in [2.05, 4.69) is 9.88 Å². The van der Waals surface area contributed by atoms with Gasteiger partial charge in [-0.05, 0) is 79.8 Å². The van der Waals surface area contributed by atoms with E-state index in [1.54, 1.807) is 21.9 Å². The molecule has 1 atom stereocenters. The highest BCUT2D eigenvalue weighted by atomic mass is 19.1. The van der Waals surface area contributed by atoms with E-state index in [-0.39, 0.29) is 30.3 Å². The van der Waals surface area contributed by atoms with Gasteiger partial charge in [-0.2, -0.15) is 0 Å². The lowest BCUT2D eigenvalue weighted by Gasteiger charge is -2.39. The SMILES string of the molecule is Cc1cccc(C)c1NC(=O)N(CC(=O)N1c2ccccc2-n2cccc2C1c1ccc(F)cc1)C1CC1. The molecule has 192 valence electrons. The van der Waals surface area contributed by atoms with Crippen molar-refractivity contribution >= 4 is 23.3 Å². The number of hydrogen-bond donors (Lipinski definition) is 1. The zero-order chi connectivity index (χ0) is 26.4. The van der Waals surface area contributed by atoms with Gasteiger partial charge in [0, 0.05) is 17.9 Å². The Morgan fingerprint density at radius 1 is 0.895 bits per heavy atom. The standard InChI is InChI=1S/C31H29FN4O2/c1-20-7-5-8-21(2)29(20)33-31(38)35(24-16-17-24)19-28(37)36-26-10-4-3-9-25(26)34-18-6-11-27(34)30(36)22-12-14-23(32)15-13-22/h3-15,18,24,30H,16-17,19H2,1-2H3,(H,33,38). The number of anilines is 2. The van der Waals surface area contributed by atoms with E-state index >= 15 is 0 Å². The number of rotatable bonds is 5. The minimum Gasteiger partial charge on any atom is -0.316 e. The fraction of sp³-hybridized carbons (Fsp3) is 0.226. The Kier molecular flexibility index (Phi) is 5.98. The highest BCUT2D eigenvalue weighted by Gasteiger charge is 2.40. The minimum atomic E-state index is -0.462. The molecule has 38 heavy (non-hydrogen) atoms. The number of aryl methyl sites for hydroxylation is 2. The lowest BCUT2D eigenvalue weighted by Crippen LogP contribution is -2.48. The average Bonchev–Trinajstić information content (AvgIpc) is 3.64. The molecule has 0 spiro atoms. The maximum atomic E-state index is 14.2. The number of fused-ring (bicyclic) bond motifs is 3. The van der Waals surface area contributed by atoms with Crippen molar-refractivity contribution in [2.45, 2.75) is 38.8 Å². The van der Waals surface area contributed by atoms with Gasteiger partial charge in [0.25, 0.3) is 0 Å². The van der Waals surface area contributed by atoms with Crippen LogP contribution < -0.4 is 10.2 Å². The predicted molar refractivity (Wildman–Crippen MR) is 146 cm³/mol. The molecule has 1 saturated carbocycles. The second kappa shape index (κ2) is 9.49. The first-order chi connectivity index (χ1) is 18.4. The Morgan fingerprint density at radius 3 is 2.26 bits per heavy atom. The van der Waals surface area contributed by atoms with Crippen LogP contribution in [0, 0.1) is 19.7 Å². The first kappa shape index (κ1) is 24.0. The summed E-state index contributed by atoms with van der Waals surface area (Å²) in [5.74, 6) is -0.524. The van der Waals surface area contributed by atoms with Crippen LogP contribution in [0.1, 0.15) is 41.3 Å². The smallest absolute Gasteiger partial charge is 0.316 e. The Morgan fingerprint density at radius 2 is 1.58 bits per heavy atom. The lowest BCUT2D eigenvalue weighted by molar-refractivity contribution is -0.119. The van der Waals surface area contributed by atoms with E-state index in [1.165, 1.54) is 12.1 Å². The summed E-state index contributed by atoms with van der Waals surface area (Å²) < 4.78 is 15.9. The maximum absolute atomic E-state index is 14.2. The molecular weight excluding hydrogens is 479 g/mol. The molecule has 3 aromatic carbocycles. The van der Waals surface area contributed by atoms with E-state index < -0.39 is 6.04 Å². The molecule has 1 N–H and O–H groups in total. The number of urea groups is 1. The fourth-order valence-electron chi connectivity index (χ4n) is 5.39. The van der Waals surface area contributed by atoms with Crippen LogP contribution in [-0.2, 0) is 4.79 Å². The second-order valence-electron chi connectivity index (χ2n) is 10.1. The largest absolute Gasteiger partial charge is 0.322 e. The first-order valence-electron chi connectivity index (χ1n) is 12.9. The molecule has 1 fully saturated rings. The minimum absolute atomic E-state index is 0.0245. The fourth-order valence-corrected chi connectivity index (χ4v) is 5.39. The Bertz CT molecular complexity index is 1500. The molecule has 0 saturated heterocycles. The van der Waals surface area contributed by atoms with Crippen molar-refractivity contribution in [3.63, 3.8) is 0 Å². The van der Waals surface area contributed by atoms with E-state index in [0.29, 0.717) is 0 Å². The number of carbonyl (C=O) groups excluding carboxylic acids is 2. The number of benzene rings is 3. The molecule has 3 amide bonds. The van der Waals surface area contributed by atoms with Crippen molar-refractivity contribution in [3.8, 4) is 5.69 Å². The molecule has 0 bridgehead atoms. The topological polar surface area (TPSA) is 57.6 Å². The van der Waals surface area contributed by atoms with Gasteiger partial charge < -0.3 is 14.8 Å². The lowest BCUT2D eigenvalue weighted by atomic mass is 9.97. The summed E-state index contributed by atoms with van der Waals surface area (Å²) in [5.41, 5.74) is 6.07. The number of halogens is 1. The summed E-state index contributed by atoms with van der Waals surface area (Å²) in [6.45, 7) is 3.86. The second-order valence-corrected chi connectivity index (χ2v) is 10.1. The van der Waals surface area contributed by atoms with Crippen LogP contribution in [0.15, 0.2) is 85.1 Å². The highest BCUT2D eigenvalue weighted by Crippen LogP contribution is 2.42. The normalized spacial score (nSPS) is 16.0. The number of aromatic nitrogens is 1. The molecule has 1 aromatic heterocycles. The Hall–Kier alpha value is -4.39. The zero-order valence-electron chi connectivity index (χ0n) is 21.4. The number of hydrogen-bond acceptors (Lipinski definition) is 2. The molecular formula is C31H29FN4O2. The summed E-state index contributed by atoms with van der Waals surface area (Å²) in [4.78, 5) is 31.1. The van der Waals surface area contributed by atoms with Crippen molar-refractivity contribution in [1.29, 1.82) is 0 Å². The monoisotopic (exact) mass is 508 g/mol. The molecule has 2 aliphatic rings. The first-order valence-corrected chi connectivity index (χ1v) is 12.9. The zero-order valence-corrected chi connectivity index (χ0v) is 21.4. The quantitative estimate of drug-likeness (QED) is 0.341. The van der Waals surface area contributed by atoms with E-state index in [4.69, 9.17) is 0 Å². The van der Waals surface area contributed by atoms with Crippen LogP contribution in [0.5, 0.6) is 0 Å². The van der Waals surface area contributed by atoms with Crippen molar-refractivity contribution in [3.05, 3.63) is 113 Å². The van der Waals surface area contributed by atoms with Gasteiger partial charge in [0.15, 0.2) is 0 Å². The van der Waals surface area contributed by atoms with Crippen molar-refractivity contribution in [1.82, 2.24) is 9.47 Å². The van der Waals surface area contributed by atoms with Gasteiger partial charge in [-0.3, -0.25) is 9.69 Å². The predicted octanol–water partition coefficient (Wildman–Crippen LogP) is 6.37. The van der Waals surface area contributed by atoms with Gasteiger partial charge in [-0.15, -0.1) is 0 Å². The number of para-hydroxylation sites is 3. The summed E-state index contributed by atoms with van der Waals surface area (Å²) in [5, 5.41) is 3.06. The van der Waals surface area contributed by atoms with Crippen LogP contribution in [0.25, 0.3) is 5.69 Å². The molecule has 0 radical (unpaired) electrons. The van der Waals surface area contributed by atoms with Crippen LogP contribution in [-0.4, -0.2) is 34.0 Å². The third kappa shape index (κ3) is 4.24. The number of carbonyl (C=O) groups is 2. The molecule has 6 rings (SSSR count). The van der Waals surface area contributed by atoms with Gasteiger partial charge >= 0.3 is 6.03 Å². The average molecular weight is 509 g/mol. The van der Waals surface area contributed by atoms with Gasteiger partial charge in [0.1, 0.15) is 18.4 Å². The van der Waals surface area contributed by atoms with E-state index in [0.717, 1.165) is 52.3 Å². The van der Waals surface area contributed by atoms with Gasteiger partial charge in [0.05, 0.1) is 17.1 Å². The van der Waals surface area contributed by atoms with Crippen molar-refractivity contribution < 1.29 is 14.0 Å². The third-order valence-corrected chi connectivity index (χ3v) is 7.44. The van der Waals surface area contributed by atoms with Gasteiger partial charge in [0.2, 0.25) is 5.91 Å². The van der Waals surface area contributed by atoms with E-state index in [1.807, 2.05) is 74.6 Å². The molecule has 1 aliphatic carbocycles. The Labute approximate surface area is 221 Å². The highest BCUT2D eigenvalue weighted by molar-refractivity contribution is 6.02. The summed E-state index contributed by atoms with van der Waals surface area (Å²) in [6, 6.07) is 23.1. The number of amides is 3. The van der Waals surface area contributed by atoms with Gasteiger partial charge in [-0.25, -0.2) is 9.18 Å². The maximum Gasteiger partial charge on any atom is 0.322 e. The molecule has 4 aromatic rings. The van der Waals surface area contributed by atoms with Crippen molar-refractivity contribution in [2.75, 3.05) is 16.8 Å². The van der Waals surface area contributed by atoms with Gasteiger partial charge in [-0.1, -0.05) is 42.5 Å². The molecule has 1 aliphatic heterocycles. The van der Waals surface area contributed by atoms with E-state index in [9.17, 15) is 14.0 Å². The summed E-state index contributed by atoms with van der Waals surface area (Å²) in [7, 11) is 0. The third-order valence-electron chi connectivity index (χ3n) is 7.44. The van der Waals surface area contributed by atoms with Crippen LogP contribution in [0.2, 0.25) is 0 Å². The molecule has 6 nitrogen and oxygen atoms in total. The van der Waals surface area contributed by atoms with Crippen LogP contribution in [0.4, 0.5) is 20.6 Å². The van der Waals surface area contributed by atoms with Crippen LogP contribution in [0.3, 0.4) is 0 Å². The summed E-state index contributed by atoms with van der Waals surface area (Å²) >= 11 is 0. The molecule has 7 heteroatoms. The number of nitrogens with one attached hydrogen (secondary N) is 1. The number of nitrogens with zero attached hydrogens (tertiary/aromatic N) is 3. The van der Waals surface area contributed by atoms with Crippen molar-refractivity contribution in [2.24, 2.45) is 0 Å². The molecule has 1 unspecified atom stereocenters. The van der Waals surface area contributed by atoms with Crippen LogP contribution >= 0.6 is 0 Å².